The molecule has 0 aliphatic carbocycles. The van der Waals surface area contributed by atoms with E-state index in [0.717, 1.165) is 39.3 Å². The van der Waals surface area contributed by atoms with Crippen LogP contribution in [0.3, 0.4) is 0 Å². The van der Waals surface area contributed by atoms with Gasteiger partial charge in [-0.25, -0.2) is 0 Å². The fraction of sp³-hybridized carbons (Fsp3) is 0. The highest BCUT2D eigenvalue weighted by atomic mass is 32.2. The van der Waals surface area contributed by atoms with Gasteiger partial charge in [0, 0.05) is 10.8 Å². The first-order valence-electron chi connectivity index (χ1n) is 6.37. The van der Waals surface area contributed by atoms with Crippen LogP contribution < -0.4 is 5.32 Å². The molecule has 1 N–H and O–H groups in total. The monoisotopic (exact) mass is 295 g/mol. The predicted molar refractivity (Wildman–Crippen MR) is 82.8 cm³/mol. The van der Waals surface area contributed by atoms with Crippen LogP contribution in [0.25, 0.3) is 28.0 Å². The maximum atomic E-state index is 11.6. The number of imide groups is 1. The molecule has 0 bridgehead atoms. The van der Waals surface area contributed by atoms with Crippen LogP contribution >= 0.6 is 11.8 Å². The van der Waals surface area contributed by atoms with Crippen molar-refractivity contribution in [3.63, 3.8) is 0 Å². The molecule has 4 rings (SSSR count). The molecule has 0 unspecified atom stereocenters. The minimum Gasteiger partial charge on any atom is -0.456 e. The number of hydrogen-bond acceptors (Lipinski definition) is 4. The first kappa shape index (κ1) is 12.2. The predicted octanol–water partition coefficient (Wildman–Crippen LogP) is 3.91. The zero-order valence-electron chi connectivity index (χ0n) is 10.8. The zero-order valence-corrected chi connectivity index (χ0v) is 11.6. The second-order valence-corrected chi connectivity index (χ2v) is 5.72. The highest BCUT2D eigenvalue weighted by Crippen LogP contribution is 2.31. The molecule has 102 valence electrons. The maximum absolute atomic E-state index is 11.6. The van der Waals surface area contributed by atoms with Crippen LogP contribution in [0.1, 0.15) is 5.56 Å². The van der Waals surface area contributed by atoms with Crippen molar-refractivity contribution >= 4 is 50.9 Å². The van der Waals surface area contributed by atoms with Crippen molar-refractivity contribution < 1.29 is 14.0 Å². The molecule has 1 aliphatic rings. The van der Waals surface area contributed by atoms with Crippen molar-refractivity contribution in [3.05, 3.63) is 52.9 Å². The van der Waals surface area contributed by atoms with E-state index < -0.39 is 0 Å². The van der Waals surface area contributed by atoms with E-state index in [1.807, 2.05) is 42.5 Å². The third-order valence-electron chi connectivity index (χ3n) is 3.34. The number of hydrogen-bond donors (Lipinski definition) is 1. The summed E-state index contributed by atoms with van der Waals surface area (Å²) in [6, 6.07) is 13.5. The zero-order chi connectivity index (χ0) is 14.4. The summed E-state index contributed by atoms with van der Waals surface area (Å²) in [6.45, 7) is 0. The summed E-state index contributed by atoms with van der Waals surface area (Å²) in [7, 11) is 0. The van der Waals surface area contributed by atoms with Crippen molar-refractivity contribution in [2.75, 3.05) is 0 Å². The summed E-state index contributed by atoms with van der Waals surface area (Å²) in [5.41, 5.74) is 2.50. The smallest absolute Gasteiger partial charge is 0.290 e. The summed E-state index contributed by atoms with van der Waals surface area (Å²) in [5, 5.41) is 3.94. The van der Waals surface area contributed by atoms with E-state index in [0.29, 0.717) is 4.91 Å². The number of carbonyl (C=O) groups is 2. The van der Waals surface area contributed by atoms with E-state index in [2.05, 4.69) is 5.32 Å². The topological polar surface area (TPSA) is 59.3 Å². The molecule has 1 saturated heterocycles. The fourth-order valence-corrected chi connectivity index (χ4v) is 3.09. The molecule has 2 amide bonds. The van der Waals surface area contributed by atoms with Gasteiger partial charge in [0.1, 0.15) is 11.2 Å². The number of furan rings is 1. The van der Waals surface area contributed by atoms with Gasteiger partial charge in [0.2, 0.25) is 0 Å². The third kappa shape index (κ3) is 2.02. The molecule has 1 aromatic heterocycles. The lowest BCUT2D eigenvalue weighted by atomic mass is 10.1. The molecule has 5 heteroatoms. The third-order valence-corrected chi connectivity index (χ3v) is 4.15. The molecule has 1 aliphatic heterocycles. The summed E-state index contributed by atoms with van der Waals surface area (Å²) in [5.74, 6) is -0.345. The standard InChI is InChI=1S/C16H9NO3S/c18-15-14(21-16(19)17-15)8-9-5-6-13-11(7-9)10-3-1-2-4-12(10)20-13/h1-8H,(H,17,18,19). The van der Waals surface area contributed by atoms with Crippen LogP contribution in [-0.2, 0) is 4.79 Å². The van der Waals surface area contributed by atoms with Gasteiger partial charge in [0.15, 0.2) is 0 Å². The van der Waals surface area contributed by atoms with E-state index in [-0.39, 0.29) is 11.1 Å². The van der Waals surface area contributed by atoms with Crippen LogP contribution in [0.2, 0.25) is 0 Å². The van der Waals surface area contributed by atoms with Gasteiger partial charge in [-0.1, -0.05) is 24.3 Å². The molecular formula is C16H9NO3S. The van der Waals surface area contributed by atoms with Gasteiger partial charge >= 0.3 is 0 Å². The quantitative estimate of drug-likeness (QED) is 0.691. The molecule has 21 heavy (non-hydrogen) atoms. The number of carbonyl (C=O) groups excluding carboxylic acids is 2. The molecule has 0 saturated carbocycles. The van der Waals surface area contributed by atoms with Gasteiger partial charge in [-0.2, -0.15) is 0 Å². The first-order chi connectivity index (χ1) is 10.2. The lowest BCUT2D eigenvalue weighted by molar-refractivity contribution is -0.115. The minimum atomic E-state index is -0.345. The molecular weight excluding hydrogens is 286 g/mol. The van der Waals surface area contributed by atoms with Gasteiger partial charge in [-0.15, -0.1) is 0 Å². The van der Waals surface area contributed by atoms with Crippen LogP contribution in [0.5, 0.6) is 0 Å². The number of nitrogens with one attached hydrogen (secondary N) is 1. The summed E-state index contributed by atoms with van der Waals surface area (Å²) in [6.07, 6.45) is 1.71. The fourth-order valence-electron chi connectivity index (χ4n) is 2.41. The van der Waals surface area contributed by atoms with Crippen molar-refractivity contribution in [2.24, 2.45) is 0 Å². The number of rotatable bonds is 1. The summed E-state index contributed by atoms with van der Waals surface area (Å²) < 4.78 is 5.76. The number of amides is 2. The molecule has 0 spiro atoms. The highest BCUT2D eigenvalue weighted by molar-refractivity contribution is 8.18. The lowest BCUT2D eigenvalue weighted by Crippen LogP contribution is -2.17. The summed E-state index contributed by atoms with van der Waals surface area (Å²) >= 11 is 0.918. The highest BCUT2D eigenvalue weighted by Gasteiger charge is 2.24. The van der Waals surface area contributed by atoms with E-state index in [9.17, 15) is 9.59 Å². The van der Waals surface area contributed by atoms with Gasteiger partial charge in [-0.3, -0.25) is 14.9 Å². The van der Waals surface area contributed by atoms with Crippen molar-refractivity contribution in [1.82, 2.24) is 5.32 Å². The Morgan fingerprint density at radius 1 is 1.00 bits per heavy atom. The largest absolute Gasteiger partial charge is 0.456 e. The lowest BCUT2D eigenvalue weighted by Gasteiger charge is -1.96. The Bertz CT molecular complexity index is 939. The van der Waals surface area contributed by atoms with E-state index in [1.54, 1.807) is 6.08 Å². The molecule has 1 fully saturated rings. The van der Waals surface area contributed by atoms with Crippen molar-refractivity contribution in [1.29, 1.82) is 0 Å². The number of benzene rings is 2. The van der Waals surface area contributed by atoms with Crippen molar-refractivity contribution in [2.45, 2.75) is 0 Å². The second kappa shape index (κ2) is 4.49. The Morgan fingerprint density at radius 3 is 2.62 bits per heavy atom. The average Bonchev–Trinajstić information content (AvgIpc) is 2.99. The number of thioether (sulfide) groups is 1. The number of para-hydroxylation sites is 1. The average molecular weight is 295 g/mol. The number of fused-ring (bicyclic) bond motifs is 3. The SMILES string of the molecule is O=C1NC(=O)C(=Cc2ccc3oc4ccccc4c3c2)S1. The second-order valence-electron chi connectivity index (χ2n) is 4.71. The van der Waals surface area contributed by atoms with Gasteiger partial charge in [0.05, 0.1) is 4.91 Å². The van der Waals surface area contributed by atoms with E-state index in [4.69, 9.17) is 4.42 Å². The summed E-state index contributed by atoms with van der Waals surface area (Å²) in [4.78, 5) is 23.2. The molecule has 0 atom stereocenters. The van der Waals surface area contributed by atoms with Crippen LogP contribution in [0.15, 0.2) is 51.8 Å². The Kier molecular flexibility index (Phi) is 2.62. The first-order valence-corrected chi connectivity index (χ1v) is 7.18. The van der Waals surface area contributed by atoms with Gasteiger partial charge in [0.25, 0.3) is 11.1 Å². The molecule has 2 aromatic carbocycles. The molecule has 3 aromatic rings. The molecule has 4 nitrogen and oxygen atoms in total. The van der Waals surface area contributed by atoms with Gasteiger partial charge in [-0.05, 0) is 41.6 Å². The van der Waals surface area contributed by atoms with Gasteiger partial charge < -0.3 is 4.42 Å². The Hall–Kier alpha value is -2.53. The minimum absolute atomic E-state index is 0.332. The molecule has 2 heterocycles. The van der Waals surface area contributed by atoms with Crippen LogP contribution in [0.4, 0.5) is 4.79 Å². The Balaban J connectivity index is 1.87. The maximum Gasteiger partial charge on any atom is 0.290 e. The van der Waals surface area contributed by atoms with Crippen molar-refractivity contribution in [3.8, 4) is 0 Å². The Morgan fingerprint density at radius 2 is 1.81 bits per heavy atom. The van der Waals surface area contributed by atoms with E-state index >= 15 is 0 Å². The molecule has 0 radical (unpaired) electrons. The van der Waals surface area contributed by atoms with Crippen LogP contribution in [-0.4, -0.2) is 11.1 Å². The Labute approximate surface area is 123 Å². The normalized spacial score (nSPS) is 17.0. The van der Waals surface area contributed by atoms with Crippen LogP contribution in [0, 0.1) is 0 Å². The van der Waals surface area contributed by atoms with E-state index in [1.165, 1.54) is 0 Å².